The molecule has 1 aromatic heterocycles. The minimum atomic E-state index is -0.110. The van der Waals surface area contributed by atoms with Crippen LogP contribution in [0.15, 0.2) is 40.8 Å². The van der Waals surface area contributed by atoms with E-state index in [1.807, 2.05) is 24.3 Å². The van der Waals surface area contributed by atoms with Gasteiger partial charge < -0.3 is 23.5 Å². The number of ether oxygens (including phenoxy) is 3. The Bertz CT molecular complexity index is 711. The third-order valence-corrected chi connectivity index (χ3v) is 4.18. The lowest BCUT2D eigenvalue weighted by Gasteiger charge is -2.32. The lowest BCUT2D eigenvalue weighted by molar-refractivity contribution is -0.0218. The Morgan fingerprint density at radius 3 is 2.96 bits per heavy atom. The Balaban J connectivity index is 1.62. The predicted molar refractivity (Wildman–Crippen MR) is 91.8 cm³/mol. The van der Waals surface area contributed by atoms with E-state index in [-0.39, 0.29) is 12.0 Å². The summed E-state index contributed by atoms with van der Waals surface area (Å²) in [5, 5.41) is 0. The van der Waals surface area contributed by atoms with Crippen LogP contribution >= 0.6 is 0 Å². The summed E-state index contributed by atoms with van der Waals surface area (Å²) in [6, 6.07) is 11.4. The number of hydrogen-bond donors (Lipinski definition) is 0. The number of furan rings is 1. The highest BCUT2D eigenvalue weighted by Gasteiger charge is 2.27. The zero-order valence-electron chi connectivity index (χ0n) is 14.6. The maximum absolute atomic E-state index is 12.6. The van der Waals surface area contributed by atoms with Gasteiger partial charge in [0.15, 0.2) is 5.76 Å². The van der Waals surface area contributed by atoms with Crippen molar-refractivity contribution >= 4 is 5.91 Å². The first-order valence-corrected chi connectivity index (χ1v) is 8.31. The van der Waals surface area contributed by atoms with E-state index in [0.717, 1.165) is 17.7 Å². The van der Waals surface area contributed by atoms with E-state index in [9.17, 15) is 4.79 Å². The summed E-state index contributed by atoms with van der Waals surface area (Å²) in [4.78, 5) is 14.4. The molecule has 1 saturated heterocycles. The van der Waals surface area contributed by atoms with Crippen LogP contribution in [0.3, 0.4) is 0 Å². The maximum Gasteiger partial charge on any atom is 0.289 e. The summed E-state index contributed by atoms with van der Waals surface area (Å²) >= 11 is 0. The number of morpholine rings is 1. The molecule has 0 N–H and O–H groups in total. The van der Waals surface area contributed by atoms with E-state index in [1.54, 1.807) is 31.3 Å². The van der Waals surface area contributed by atoms with Crippen LogP contribution in [-0.4, -0.2) is 50.8 Å². The number of carbonyl (C=O) groups excluding carboxylic acids is 1. The summed E-state index contributed by atoms with van der Waals surface area (Å²) in [5.41, 5.74) is 1.12. The molecule has 134 valence electrons. The Hall–Kier alpha value is -2.31. The van der Waals surface area contributed by atoms with E-state index >= 15 is 0 Å². The van der Waals surface area contributed by atoms with Crippen LogP contribution in [0.4, 0.5) is 0 Å². The van der Waals surface area contributed by atoms with Crippen LogP contribution in [-0.2, 0) is 22.5 Å². The fourth-order valence-corrected chi connectivity index (χ4v) is 2.96. The fraction of sp³-hybridized carbons (Fsp3) is 0.421. The van der Waals surface area contributed by atoms with E-state index in [2.05, 4.69) is 0 Å². The second-order valence-corrected chi connectivity index (χ2v) is 6.00. The van der Waals surface area contributed by atoms with Crippen molar-refractivity contribution in [1.82, 2.24) is 4.90 Å². The lowest BCUT2D eigenvalue weighted by atomic mass is 10.1. The van der Waals surface area contributed by atoms with Gasteiger partial charge in [0.1, 0.15) is 18.1 Å². The molecular weight excluding hydrogens is 322 g/mol. The largest absolute Gasteiger partial charge is 0.497 e. The molecule has 2 aromatic rings. The van der Waals surface area contributed by atoms with Crippen LogP contribution in [0.1, 0.15) is 21.9 Å². The quantitative estimate of drug-likeness (QED) is 0.805. The Kier molecular flexibility index (Phi) is 5.73. The number of methoxy groups -OCH3 is 2. The molecule has 1 aliphatic rings. The SMILES string of the molecule is COCc1ccc(C(=O)N2CCO[C@@H](Cc3cccc(OC)c3)C2)o1. The zero-order chi connectivity index (χ0) is 17.6. The summed E-state index contributed by atoms with van der Waals surface area (Å²) in [5.74, 6) is 1.70. The first-order chi connectivity index (χ1) is 12.2. The number of nitrogens with zero attached hydrogens (tertiary/aromatic N) is 1. The van der Waals surface area contributed by atoms with Crippen molar-refractivity contribution in [1.29, 1.82) is 0 Å². The van der Waals surface area contributed by atoms with E-state index in [4.69, 9.17) is 18.6 Å². The molecular formula is C19H23NO5. The molecule has 2 heterocycles. The Morgan fingerprint density at radius 1 is 1.28 bits per heavy atom. The molecule has 0 bridgehead atoms. The first kappa shape index (κ1) is 17.5. The highest BCUT2D eigenvalue weighted by atomic mass is 16.5. The molecule has 1 atom stereocenters. The van der Waals surface area contributed by atoms with Crippen molar-refractivity contribution in [2.24, 2.45) is 0 Å². The maximum atomic E-state index is 12.6. The van der Waals surface area contributed by atoms with Crippen LogP contribution in [0.5, 0.6) is 5.75 Å². The predicted octanol–water partition coefficient (Wildman–Crippen LogP) is 2.52. The van der Waals surface area contributed by atoms with Gasteiger partial charge in [-0.25, -0.2) is 0 Å². The highest BCUT2D eigenvalue weighted by Crippen LogP contribution is 2.19. The van der Waals surface area contributed by atoms with E-state index < -0.39 is 0 Å². The monoisotopic (exact) mass is 345 g/mol. The van der Waals surface area contributed by atoms with Crippen LogP contribution in [0, 0.1) is 0 Å². The van der Waals surface area contributed by atoms with Gasteiger partial charge in [0.25, 0.3) is 5.91 Å². The smallest absolute Gasteiger partial charge is 0.289 e. The standard InChI is InChI=1S/C19H23NO5/c1-22-13-16-6-7-18(25-16)19(21)20-8-9-24-17(12-20)11-14-4-3-5-15(10-14)23-2/h3-7,10,17H,8-9,11-13H2,1-2H3/t17-/m0/s1. The van der Waals surface area contributed by atoms with Gasteiger partial charge >= 0.3 is 0 Å². The molecule has 1 aromatic carbocycles. The number of benzene rings is 1. The second kappa shape index (κ2) is 8.18. The van der Waals surface area contributed by atoms with Crippen molar-refractivity contribution in [2.45, 2.75) is 19.1 Å². The van der Waals surface area contributed by atoms with Gasteiger partial charge in [-0.15, -0.1) is 0 Å². The fourth-order valence-electron chi connectivity index (χ4n) is 2.96. The van der Waals surface area contributed by atoms with Crippen molar-refractivity contribution in [3.63, 3.8) is 0 Å². The number of amides is 1. The molecule has 0 saturated carbocycles. The number of carbonyl (C=O) groups is 1. The average Bonchev–Trinajstić information content (AvgIpc) is 3.10. The normalized spacial score (nSPS) is 17.5. The van der Waals surface area contributed by atoms with Gasteiger partial charge in [-0.05, 0) is 29.8 Å². The lowest BCUT2D eigenvalue weighted by Crippen LogP contribution is -2.46. The molecule has 6 heteroatoms. The third-order valence-electron chi connectivity index (χ3n) is 4.18. The molecule has 0 spiro atoms. The summed E-state index contributed by atoms with van der Waals surface area (Å²) in [7, 11) is 3.24. The summed E-state index contributed by atoms with van der Waals surface area (Å²) < 4.78 is 21.7. The Morgan fingerprint density at radius 2 is 2.16 bits per heavy atom. The number of hydrogen-bond acceptors (Lipinski definition) is 5. The minimum absolute atomic E-state index is 0.0433. The zero-order valence-corrected chi connectivity index (χ0v) is 14.6. The van der Waals surface area contributed by atoms with Crippen molar-refractivity contribution in [3.8, 4) is 5.75 Å². The molecule has 0 radical (unpaired) electrons. The molecule has 25 heavy (non-hydrogen) atoms. The molecule has 1 aliphatic heterocycles. The van der Waals surface area contributed by atoms with Gasteiger partial charge in [-0.2, -0.15) is 0 Å². The Labute approximate surface area is 147 Å². The van der Waals surface area contributed by atoms with Crippen molar-refractivity contribution in [2.75, 3.05) is 33.9 Å². The van der Waals surface area contributed by atoms with E-state index in [0.29, 0.717) is 37.8 Å². The molecule has 6 nitrogen and oxygen atoms in total. The first-order valence-electron chi connectivity index (χ1n) is 8.31. The van der Waals surface area contributed by atoms with Gasteiger partial charge in [0.2, 0.25) is 0 Å². The average molecular weight is 345 g/mol. The van der Waals surface area contributed by atoms with Gasteiger partial charge in [-0.3, -0.25) is 4.79 Å². The molecule has 0 unspecified atom stereocenters. The van der Waals surface area contributed by atoms with Gasteiger partial charge in [0, 0.05) is 26.6 Å². The van der Waals surface area contributed by atoms with Gasteiger partial charge in [0.05, 0.1) is 19.8 Å². The van der Waals surface area contributed by atoms with Crippen molar-refractivity contribution < 1.29 is 23.4 Å². The number of rotatable bonds is 6. The third kappa shape index (κ3) is 4.41. The molecule has 1 fully saturated rings. The minimum Gasteiger partial charge on any atom is -0.497 e. The van der Waals surface area contributed by atoms with Crippen LogP contribution in [0.25, 0.3) is 0 Å². The summed E-state index contributed by atoms with van der Waals surface area (Å²) in [6.07, 6.45) is 0.687. The van der Waals surface area contributed by atoms with Gasteiger partial charge in [-0.1, -0.05) is 12.1 Å². The molecule has 0 aliphatic carbocycles. The highest BCUT2D eigenvalue weighted by molar-refractivity contribution is 5.91. The summed E-state index contributed by atoms with van der Waals surface area (Å²) in [6.45, 7) is 1.98. The molecule has 3 rings (SSSR count). The second-order valence-electron chi connectivity index (χ2n) is 6.00. The topological polar surface area (TPSA) is 61.1 Å². The van der Waals surface area contributed by atoms with Crippen molar-refractivity contribution in [3.05, 3.63) is 53.5 Å². The molecule has 1 amide bonds. The van der Waals surface area contributed by atoms with Crippen LogP contribution in [0.2, 0.25) is 0 Å². The van der Waals surface area contributed by atoms with Crippen LogP contribution < -0.4 is 4.74 Å². The van der Waals surface area contributed by atoms with E-state index in [1.165, 1.54) is 0 Å².